The van der Waals surface area contributed by atoms with E-state index in [1.54, 1.807) is 13.2 Å². The van der Waals surface area contributed by atoms with E-state index >= 15 is 0 Å². The van der Waals surface area contributed by atoms with Crippen LogP contribution >= 0.6 is 0 Å². The molecule has 3 aromatic rings. The molecule has 0 atom stereocenters. The normalized spacial score (nSPS) is 11.0. The predicted molar refractivity (Wildman–Crippen MR) is 69.4 cm³/mol. The number of aromatic nitrogens is 2. The first-order chi connectivity index (χ1) is 8.69. The molecule has 0 radical (unpaired) electrons. The highest BCUT2D eigenvalue weighted by Gasteiger charge is 2.12. The maximum Gasteiger partial charge on any atom is 0.222 e. The van der Waals surface area contributed by atoms with Gasteiger partial charge in [0.15, 0.2) is 0 Å². The smallest absolute Gasteiger partial charge is 0.222 e. The van der Waals surface area contributed by atoms with Gasteiger partial charge in [-0.25, -0.2) is 0 Å². The molecule has 1 aromatic carbocycles. The molecular formula is C13H13N3O2. The van der Waals surface area contributed by atoms with E-state index in [0.29, 0.717) is 5.88 Å². The molecule has 2 aromatic heterocycles. The molecule has 0 bridgehead atoms. The maximum atomic E-state index is 5.55. The lowest BCUT2D eigenvalue weighted by Crippen LogP contribution is -1.91. The molecule has 0 aliphatic carbocycles. The highest BCUT2D eigenvalue weighted by Crippen LogP contribution is 2.29. The summed E-state index contributed by atoms with van der Waals surface area (Å²) in [5.74, 6) is 1.14. The number of nitrogens with zero attached hydrogens (tertiary/aromatic N) is 2. The quantitative estimate of drug-likeness (QED) is 0.750. The molecule has 5 heteroatoms. The summed E-state index contributed by atoms with van der Waals surface area (Å²) in [5, 5.41) is 5.05. The summed E-state index contributed by atoms with van der Waals surface area (Å²) >= 11 is 0. The van der Waals surface area contributed by atoms with Gasteiger partial charge in [0.2, 0.25) is 5.88 Å². The van der Waals surface area contributed by atoms with Crippen LogP contribution in [0.4, 0.5) is 5.88 Å². The Bertz CT molecular complexity index is 712. The summed E-state index contributed by atoms with van der Waals surface area (Å²) in [5.41, 5.74) is 8.31. The van der Waals surface area contributed by atoms with E-state index in [2.05, 4.69) is 5.16 Å². The Balaban J connectivity index is 2.22. The molecule has 0 spiro atoms. The van der Waals surface area contributed by atoms with Gasteiger partial charge < -0.3 is 19.6 Å². The zero-order valence-electron chi connectivity index (χ0n) is 10.2. The molecule has 0 saturated carbocycles. The first-order valence-corrected chi connectivity index (χ1v) is 5.55. The summed E-state index contributed by atoms with van der Waals surface area (Å²) < 4.78 is 12.2. The van der Waals surface area contributed by atoms with Crippen molar-refractivity contribution in [1.29, 1.82) is 0 Å². The molecule has 92 valence electrons. The van der Waals surface area contributed by atoms with Gasteiger partial charge in [0, 0.05) is 24.6 Å². The van der Waals surface area contributed by atoms with Crippen molar-refractivity contribution in [3.05, 3.63) is 30.3 Å². The Labute approximate surface area is 104 Å². The van der Waals surface area contributed by atoms with Gasteiger partial charge >= 0.3 is 0 Å². The standard InChI is InChI=1S/C13H13N3O2/c1-16-11-6-9(17-2)4-3-8(11)5-12(16)10-7-13(14)18-15-10/h3-7H,14H2,1-2H3. The third-order valence-corrected chi connectivity index (χ3v) is 3.04. The molecule has 3 rings (SSSR count). The monoisotopic (exact) mass is 243 g/mol. The summed E-state index contributed by atoms with van der Waals surface area (Å²) in [7, 11) is 3.63. The number of nitrogen functional groups attached to an aromatic ring is 1. The zero-order chi connectivity index (χ0) is 12.7. The highest BCUT2D eigenvalue weighted by molar-refractivity contribution is 5.87. The summed E-state index contributed by atoms with van der Waals surface area (Å²) in [4.78, 5) is 0. The summed E-state index contributed by atoms with van der Waals surface area (Å²) in [6.45, 7) is 0. The Morgan fingerprint density at radius 2 is 2.11 bits per heavy atom. The van der Waals surface area contributed by atoms with Gasteiger partial charge in [-0.15, -0.1) is 0 Å². The van der Waals surface area contributed by atoms with Crippen LogP contribution in [0.15, 0.2) is 34.9 Å². The highest BCUT2D eigenvalue weighted by atomic mass is 16.5. The second kappa shape index (κ2) is 3.80. The van der Waals surface area contributed by atoms with Crippen molar-refractivity contribution in [3.8, 4) is 17.1 Å². The van der Waals surface area contributed by atoms with Crippen LogP contribution in [0.5, 0.6) is 5.75 Å². The average molecular weight is 243 g/mol. The van der Waals surface area contributed by atoms with E-state index in [0.717, 1.165) is 28.0 Å². The van der Waals surface area contributed by atoms with Crippen LogP contribution in [0.25, 0.3) is 22.3 Å². The molecule has 0 amide bonds. The third-order valence-electron chi connectivity index (χ3n) is 3.04. The number of ether oxygens (including phenoxy) is 1. The fourth-order valence-corrected chi connectivity index (χ4v) is 2.09. The van der Waals surface area contributed by atoms with Gasteiger partial charge in [-0.05, 0) is 18.2 Å². The molecule has 0 fully saturated rings. The summed E-state index contributed by atoms with van der Waals surface area (Å²) in [6, 6.07) is 9.70. The van der Waals surface area contributed by atoms with Crippen molar-refractivity contribution in [2.24, 2.45) is 7.05 Å². The van der Waals surface area contributed by atoms with Gasteiger partial charge in [0.25, 0.3) is 0 Å². The summed E-state index contributed by atoms with van der Waals surface area (Å²) in [6.07, 6.45) is 0. The van der Waals surface area contributed by atoms with Gasteiger partial charge in [-0.1, -0.05) is 5.16 Å². The molecule has 0 aliphatic rings. The minimum Gasteiger partial charge on any atom is -0.497 e. The molecule has 0 unspecified atom stereocenters. The van der Waals surface area contributed by atoms with Crippen molar-refractivity contribution in [3.63, 3.8) is 0 Å². The number of hydrogen-bond acceptors (Lipinski definition) is 4. The topological polar surface area (TPSA) is 66.2 Å². The number of aryl methyl sites for hydroxylation is 1. The van der Waals surface area contributed by atoms with Crippen molar-refractivity contribution < 1.29 is 9.26 Å². The number of fused-ring (bicyclic) bond motifs is 1. The van der Waals surface area contributed by atoms with Crippen molar-refractivity contribution in [2.45, 2.75) is 0 Å². The van der Waals surface area contributed by atoms with E-state index in [1.165, 1.54) is 0 Å². The van der Waals surface area contributed by atoms with E-state index in [1.807, 2.05) is 35.9 Å². The second-order valence-corrected chi connectivity index (χ2v) is 4.13. The first kappa shape index (κ1) is 10.7. The number of rotatable bonds is 2. The number of hydrogen-bond donors (Lipinski definition) is 1. The lowest BCUT2D eigenvalue weighted by molar-refractivity contribution is 0.415. The van der Waals surface area contributed by atoms with Crippen LogP contribution in [-0.4, -0.2) is 16.8 Å². The Hall–Kier alpha value is -2.43. The molecule has 0 aliphatic heterocycles. The second-order valence-electron chi connectivity index (χ2n) is 4.13. The van der Waals surface area contributed by atoms with Gasteiger partial charge in [0.05, 0.1) is 18.3 Å². The molecular weight excluding hydrogens is 230 g/mol. The fourth-order valence-electron chi connectivity index (χ4n) is 2.09. The molecule has 0 saturated heterocycles. The van der Waals surface area contributed by atoms with Crippen LogP contribution in [0, 0.1) is 0 Å². The van der Waals surface area contributed by atoms with Crippen molar-refractivity contribution in [2.75, 3.05) is 12.8 Å². The van der Waals surface area contributed by atoms with Crippen LogP contribution < -0.4 is 10.5 Å². The van der Waals surface area contributed by atoms with Crippen LogP contribution in [0.1, 0.15) is 0 Å². The Kier molecular flexibility index (Phi) is 2.26. The van der Waals surface area contributed by atoms with Gasteiger partial charge in [-0.3, -0.25) is 0 Å². The first-order valence-electron chi connectivity index (χ1n) is 5.55. The van der Waals surface area contributed by atoms with Crippen molar-refractivity contribution in [1.82, 2.24) is 9.72 Å². The van der Waals surface area contributed by atoms with Gasteiger partial charge in [0.1, 0.15) is 11.4 Å². The third kappa shape index (κ3) is 1.52. The van der Waals surface area contributed by atoms with Gasteiger partial charge in [-0.2, -0.15) is 0 Å². The minimum absolute atomic E-state index is 0.313. The number of benzene rings is 1. The predicted octanol–water partition coefficient (Wildman–Crippen LogP) is 2.42. The molecule has 5 nitrogen and oxygen atoms in total. The average Bonchev–Trinajstić information content (AvgIpc) is 2.94. The van der Waals surface area contributed by atoms with Crippen LogP contribution in [-0.2, 0) is 7.05 Å². The fraction of sp³-hybridized carbons (Fsp3) is 0.154. The lowest BCUT2D eigenvalue weighted by Gasteiger charge is -2.02. The minimum atomic E-state index is 0.313. The van der Waals surface area contributed by atoms with E-state index in [-0.39, 0.29) is 0 Å². The van der Waals surface area contributed by atoms with E-state index in [4.69, 9.17) is 15.0 Å². The maximum absolute atomic E-state index is 5.55. The number of anilines is 1. The molecule has 2 N–H and O–H groups in total. The molecule has 2 heterocycles. The van der Waals surface area contributed by atoms with Crippen LogP contribution in [0.2, 0.25) is 0 Å². The molecule has 18 heavy (non-hydrogen) atoms. The Morgan fingerprint density at radius 1 is 1.28 bits per heavy atom. The van der Waals surface area contributed by atoms with E-state index < -0.39 is 0 Å². The lowest BCUT2D eigenvalue weighted by atomic mass is 10.2. The Morgan fingerprint density at radius 3 is 2.78 bits per heavy atom. The number of nitrogens with two attached hydrogens (primary N) is 1. The number of methoxy groups -OCH3 is 1. The van der Waals surface area contributed by atoms with E-state index in [9.17, 15) is 0 Å². The largest absolute Gasteiger partial charge is 0.497 e. The van der Waals surface area contributed by atoms with Crippen LogP contribution in [0.3, 0.4) is 0 Å². The van der Waals surface area contributed by atoms with Crippen molar-refractivity contribution >= 4 is 16.8 Å². The zero-order valence-corrected chi connectivity index (χ0v) is 10.2. The SMILES string of the molecule is COc1ccc2cc(-c3cc(N)on3)n(C)c2c1.